The molecular formula is C13H16N2. The van der Waals surface area contributed by atoms with Crippen LogP contribution in [0.15, 0.2) is 42.1 Å². The van der Waals surface area contributed by atoms with Crippen molar-refractivity contribution in [2.45, 2.75) is 26.3 Å². The van der Waals surface area contributed by atoms with Crippen LogP contribution in [0.3, 0.4) is 0 Å². The highest BCUT2D eigenvalue weighted by Gasteiger charge is 2.07. The third kappa shape index (κ3) is 3.47. The van der Waals surface area contributed by atoms with Gasteiger partial charge in [-0.2, -0.15) is 5.26 Å². The Labute approximate surface area is 91.2 Å². The number of nitrogens with zero attached hydrogens (tertiary/aromatic N) is 1. The molecule has 0 bridgehead atoms. The molecule has 0 fully saturated rings. The second-order valence-electron chi connectivity index (χ2n) is 3.47. The third-order valence-electron chi connectivity index (χ3n) is 2.29. The molecule has 1 rings (SSSR count). The predicted molar refractivity (Wildman–Crippen MR) is 62.0 cm³/mol. The Hall–Kier alpha value is -1.75. The third-order valence-corrected chi connectivity index (χ3v) is 2.29. The fraction of sp³-hybridized carbons (Fsp3) is 0.308. The monoisotopic (exact) mass is 200 g/mol. The van der Waals surface area contributed by atoms with Gasteiger partial charge in [-0.3, -0.25) is 0 Å². The van der Waals surface area contributed by atoms with Gasteiger partial charge < -0.3 is 5.32 Å². The molecule has 0 saturated carbocycles. The van der Waals surface area contributed by atoms with E-state index in [1.54, 1.807) is 0 Å². The minimum Gasteiger partial charge on any atom is -0.381 e. The SMILES string of the molecule is CCC(N/C(C)=C\C#N)c1ccccc1. The molecule has 0 saturated heterocycles. The Morgan fingerprint density at radius 1 is 1.47 bits per heavy atom. The summed E-state index contributed by atoms with van der Waals surface area (Å²) in [6, 6.07) is 12.6. The van der Waals surface area contributed by atoms with Crippen molar-refractivity contribution in [2.75, 3.05) is 0 Å². The summed E-state index contributed by atoms with van der Waals surface area (Å²) < 4.78 is 0. The van der Waals surface area contributed by atoms with Gasteiger partial charge in [0.15, 0.2) is 0 Å². The van der Waals surface area contributed by atoms with E-state index in [1.807, 2.05) is 31.2 Å². The van der Waals surface area contributed by atoms with Gasteiger partial charge in [-0.15, -0.1) is 0 Å². The van der Waals surface area contributed by atoms with E-state index in [0.717, 1.165) is 12.1 Å². The lowest BCUT2D eigenvalue weighted by molar-refractivity contribution is 0.580. The summed E-state index contributed by atoms with van der Waals surface area (Å²) in [6.07, 6.45) is 2.53. The average molecular weight is 200 g/mol. The maximum Gasteiger partial charge on any atom is 0.0930 e. The van der Waals surface area contributed by atoms with Crippen molar-refractivity contribution in [3.05, 3.63) is 47.7 Å². The summed E-state index contributed by atoms with van der Waals surface area (Å²) in [5.74, 6) is 0. The molecule has 0 spiro atoms. The minimum atomic E-state index is 0.288. The molecule has 15 heavy (non-hydrogen) atoms. The molecule has 78 valence electrons. The van der Waals surface area contributed by atoms with Crippen LogP contribution >= 0.6 is 0 Å². The van der Waals surface area contributed by atoms with Crippen molar-refractivity contribution in [1.82, 2.24) is 5.32 Å². The van der Waals surface area contributed by atoms with E-state index in [1.165, 1.54) is 11.6 Å². The fourth-order valence-electron chi connectivity index (χ4n) is 1.52. The number of hydrogen-bond acceptors (Lipinski definition) is 2. The summed E-state index contributed by atoms with van der Waals surface area (Å²) >= 11 is 0. The maximum atomic E-state index is 8.53. The molecule has 1 unspecified atom stereocenters. The minimum absolute atomic E-state index is 0.288. The molecule has 1 aromatic rings. The van der Waals surface area contributed by atoms with Crippen molar-refractivity contribution in [2.24, 2.45) is 0 Å². The van der Waals surface area contributed by atoms with Gasteiger partial charge in [0.05, 0.1) is 12.1 Å². The Kier molecular flexibility index (Phi) is 4.43. The Bertz CT molecular complexity index is 360. The number of nitrogens with one attached hydrogen (secondary N) is 1. The zero-order valence-corrected chi connectivity index (χ0v) is 9.20. The number of allylic oxidation sites excluding steroid dienone is 2. The van der Waals surface area contributed by atoms with Crippen molar-refractivity contribution in [1.29, 1.82) is 5.26 Å². The zero-order valence-electron chi connectivity index (χ0n) is 9.20. The number of rotatable bonds is 4. The van der Waals surface area contributed by atoms with E-state index >= 15 is 0 Å². The highest BCUT2D eigenvalue weighted by atomic mass is 14.9. The van der Waals surface area contributed by atoms with Gasteiger partial charge in [0.25, 0.3) is 0 Å². The maximum absolute atomic E-state index is 8.53. The summed E-state index contributed by atoms with van der Waals surface area (Å²) in [5.41, 5.74) is 2.17. The molecular weight excluding hydrogens is 184 g/mol. The van der Waals surface area contributed by atoms with Crippen LogP contribution in [0.1, 0.15) is 31.9 Å². The van der Waals surface area contributed by atoms with Gasteiger partial charge >= 0.3 is 0 Å². The molecule has 0 aromatic heterocycles. The van der Waals surface area contributed by atoms with Crippen LogP contribution in [-0.4, -0.2) is 0 Å². The van der Waals surface area contributed by atoms with Gasteiger partial charge in [-0.25, -0.2) is 0 Å². The second kappa shape index (κ2) is 5.87. The van der Waals surface area contributed by atoms with Crippen LogP contribution in [0.25, 0.3) is 0 Å². The van der Waals surface area contributed by atoms with Gasteiger partial charge in [0.2, 0.25) is 0 Å². The van der Waals surface area contributed by atoms with Gasteiger partial charge in [0, 0.05) is 11.8 Å². The van der Waals surface area contributed by atoms with Gasteiger partial charge in [0.1, 0.15) is 0 Å². The smallest absolute Gasteiger partial charge is 0.0930 e. The lowest BCUT2D eigenvalue weighted by Gasteiger charge is -2.18. The molecule has 1 aromatic carbocycles. The Balaban J connectivity index is 2.74. The van der Waals surface area contributed by atoms with Crippen LogP contribution in [0.2, 0.25) is 0 Å². The average Bonchev–Trinajstić information content (AvgIpc) is 2.27. The van der Waals surface area contributed by atoms with E-state index in [0.29, 0.717) is 0 Å². The highest BCUT2D eigenvalue weighted by molar-refractivity contribution is 5.21. The molecule has 1 N–H and O–H groups in total. The molecule has 0 aliphatic rings. The first-order valence-corrected chi connectivity index (χ1v) is 5.15. The van der Waals surface area contributed by atoms with Crippen molar-refractivity contribution >= 4 is 0 Å². The van der Waals surface area contributed by atoms with Crippen LogP contribution in [-0.2, 0) is 0 Å². The zero-order chi connectivity index (χ0) is 11.1. The first-order chi connectivity index (χ1) is 7.27. The largest absolute Gasteiger partial charge is 0.381 e. The molecule has 0 aliphatic carbocycles. The van der Waals surface area contributed by atoms with E-state index in [-0.39, 0.29) is 6.04 Å². The van der Waals surface area contributed by atoms with E-state index < -0.39 is 0 Å². The number of benzene rings is 1. The standard InChI is InChI=1S/C13H16N2/c1-3-13(15-11(2)9-10-14)12-7-5-4-6-8-12/h4-9,13,15H,3H2,1-2H3/b11-9-. The second-order valence-corrected chi connectivity index (χ2v) is 3.47. The summed E-state index contributed by atoms with van der Waals surface area (Å²) in [6.45, 7) is 4.04. The van der Waals surface area contributed by atoms with E-state index in [2.05, 4.69) is 24.4 Å². The number of nitriles is 1. The normalized spacial score (nSPS) is 13.0. The van der Waals surface area contributed by atoms with Crippen molar-refractivity contribution < 1.29 is 0 Å². The lowest BCUT2D eigenvalue weighted by atomic mass is 10.0. The van der Waals surface area contributed by atoms with Crippen molar-refractivity contribution in [3.8, 4) is 6.07 Å². The first-order valence-electron chi connectivity index (χ1n) is 5.15. The topological polar surface area (TPSA) is 35.8 Å². The number of hydrogen-bond donors (Lipinski definition) is 1. The van der Waals surface area contributed by atoms with E-state index in [4.69, 9.17) is 5.26 Å². The van der Waals surface area contributed by atoms with Crippen molar-refractivity contribution in [3.63, 3.8) is 0 Å². The van der Waals surface area contributed by atoms with Gasteiger partial charge in [-0.05, 0) is 18.9 Å². The molecule has 1 atom stereocenters. The van der Waals surface area contributed by atoms with Crippen LogP contribution in [0, 0.1) is 11.3 Å². The van der Waals surface area contributed by atoms with E-state index in [9.17, 15) is 0 Å². The van der Waals surface area contributed by atoms with Crippen LogP contribution in [0.5, 0.6) is 0 Å². The summed E-state index contributed by atoms with van der Waals surface area (Å²) in [7, 11) is 0. The molecule has 0 aliphatic heterocycles. The fourth-order valence-corrected chi connectivity index (χ4v) is 1.52. The quantitative estimate of drug-likeness (QED) is 0.758. The summed E-state index contributed by atoms with van der Waals surface area (Å²) in [4.78, 5) is 0. The van der Waals surface area contributed by atoms with Gasteiger partial charge in [-0.1, -0.05) is 37.3 Å². The Morgan fingerprint density at radius 2 is 2.13 bits per heavy atom. The molecule has 0 radical (unpaired) electrons. The lowest BCUT2D eigenvalue weighted by Crippen LogP contribution is -2.18. The van der Waals surface area contributed by atoms with Crippen LogP contribution in [0.4, 0.5) is 0 Å². The first kappa shape index (κ1) is 11.3. The molecule has 2 heteroatoms. The van der Waals surface area contributed by atoms with Crippen LogP contribution < -0.4 is 5.32 Å². The highest BCUT2D eigenvalue weighted by Crippen LogP contribution is 2.17. The summed E-state index contributed by atoms with van der Waals surface area (Å²) in [5, 5.41) is 11.8. The molecule has 0 heterocycles. The Morgan fingerprint density at radius 3 is 2.67 bits per heavy atom. The molecule has 2 nitrogen and oxygen atoms in total. The predicted octanol–water partition coefficient (Wildman–Crippen LogP) is 3.15. The molecule has 0 amide bonds.